The third-order valence-corrected chi connectivity index (χ3v) is 5.87. The van der Waals surface area contributed by atoms with E-state index >= 15 is 0 Å². The van der Waals surface area contributed by atoms with Gasteiger partial charge in [0.2, 0.25) is 5.91 Å². The predicted molar refractivity (Wildman–Crippen MR) is 91.5 cm³/mol. The lowest BCUT2D eigenvalue weighted by atomic mass is 9.84. The first-order valence-electron chi connectivity index (χ1n) is 9.25. The van der Waals surface area contributed by atoms with E-state index in [9.17, 15) is 4.79 Å². The molecule has 1 amide bonds. The first kappa shape index (κ1) is 17.7. The smallest absolute Gasteiger partial charge is 0.225 e. The molecule has 0 spiro atoms. The lowest BCUT2D eigenvalue weighted by Gasteiger charge is -2.33. The van der Waals surface area contributed by atoms with Crippen LogP contribution in [0.3, 0.4) is 0 Å². The van der Waals surface area contributed by atoms with Gasteiger partial charge in [-0.05, 0) is 56.5 Å². The Bertz CT molecular complexity index is 365. The zero-order valence-electron chi connectivity index (χ0n) is 14.8. The molecule has 3 N–H and O–H groups in total. The predicted octanol–water partition coefficient (Wildman–Crippen LogP) is 2.23. The molecule has 5 atom stereocenters. The minimum atomic E-state index is 0.0650. The summed E-state index contributed by atoms with van der Waals surface area (Å²) in [5.74, 6) is 2.05. The summed E-state index contributed by atoms with van der Waals surface area (Å²) >= 11 is 0. The summed E-state index contributed by atoms with van der Waals surface area (Å²) in [6.45, 7) is 11.7. The van der Waals surface area contributed by atoms with E-state index in [0.717, 1.165) is 26.1 Å². The Kier molecular flexibility index (Phi) is 6.27. The van der Waals surface area contributed by atoms with Gasteiger partial charge < -0.3 is 11.1 Å². The molecule has 0 aliphatic heterocycles. The summed E-state index contributed by atoms with van der Waals surface area (Å²) in [6.07, 6.45) is 4.72. The number of nitrogens with two attached hydrogens (primary N) is 1. The van der Waals surface area contributed by atoms with Crippen molar-refractivity contribution in [3.05, 3.63) is 0 Å². The number of fused-ring (bicyclic) bond motifs is 2. The third kappa shape index (κ3) is 3.83. The number of likely N-dealkylation sites (N-methyl/N-ethyl adjacent to an activating group) is 1. The average molecular weight is 309 g/mol. The molecule has 0 heterocycles. The third-order valence-electron chi connectivity index (χ3n) is 5.87. The highest BCUT2D eigenvalue weighted by Crippen LogP contribution is 2.47. The van der Waals surface area contributed by atoms with Crippen LogP contribution in [0.25, 0.3) is 0 Å². The molecule has 2 saturated carbocycles. The summed E-state index contributed by atoms with van der Waals surface area (Å²) in [5.41, 5.74) is 6.29. The summed E-state index contributed by atoms with van der Waals surface area (Å²) in [5, 5.41) is 3.23. The van der Waals surface area contributed by atoms with Crippen molar-refractivity contribution in [2.75, 3.05) is 19.6 Å². The zero-order valence-corrected chi connectivity index (χ0v) is 14.8. The van der Waals surface area contributed by atoms with Crippen molar-refractivity contribution in [3.63, 3.8) is 0 Å². The molecule has 2 bridgehead atoms. The number of hydrogen-bond donors (Lipinski definition) is 2. The van der Waals surface area contributed by atoms with E-state index in [2.05, 4.69) is 37.9 Å². The standard InChI is InChI=1S/C18H35N3O/c1-5-21(6-2)15(9-12(3)4)11-20-18(22)16-13-7-8-14(10-13)17(16)19/h12-17H,5-11,19H2,1-4H3,(H,20,22). The van der Waals surface area contributed by atoms with Crippen LogP contribution in [-0.2, 0) is 4.79 Å². The Hall–Kier alpha value is -0.610. The highest BCUT2D eigenvalue weighted by atomic mass is 16.2. The molecule has 2 rings (SSSR count). The van der Waals surface area contributed by atoms with Gasteiger partial charge in [0.1, 0.15) is 0 Å². The second-order valence-corrected chi connectivity index (χ2v) is 7.69. The van der Waals surface area contributed by atoms with Gasteiger partial charge in [0.25, 0.3) is 0 Å². The molecule has 0 aromatic heterocycles. The van der Waals surface area contributed by atoms with Crippen LogP contribution in [0.1, 0.15) is 53.4 Å². The first-order chi connectivity index (χ1) is 10.5. The van der Waals surface area contributed by atoms with Crippen LogP contribution in [0.2, 0.25) is 0 Å². The minimum Gasteiger partial charge on any atom is -0.354 e. The quantitative estimate of drug-likeness (QED) is 0.723. The number of carbonyl (C=O) groups is 1. The van der Waals surface area contributed by atoms with Crippen molar-refractivity contribution < 1.29 is 4.79 Å². The van der Waals surface area contributed by atoms with Gasteiger partial charge >= 0.3 is 0 Å². The highest BCUT2D eigenvalue weighted by molar-refractivity contribution is 5.80. The van der Waals surface area contributed by atoms with E-state index in [0.29, 0.717) is 23.8 Å². The number of nitrogens with zero attached hydrogens (tertiary/aromatic N) is 1. The van der Waals surface area contributed by atoms with Crippen molar-refractivity contribution in [1.82, 2.24) is 10.2 Å². The van der Waals surface area contributed by atoms with Crippen LogP contribution in [0, 0.1) is 23.7 Å². The molecular weight excluding hydrogens is 274 g/mol. The van der Waals surface area contributed by atoms with Gasteiger partial charge in [0.05, 0.1) is 5.92 Å². The fraction of sp³-hybridized carbons (Fsp3) is 0.944. The molecule has 4 nitrogen and oxygen atoms in total. The number of rotatable bonds is 8. The van der Waals surface area contributed by atoms with E-state index in [1.165, 1.54) is 19.3 Å². The molecule has 0 aromatic rings. The second kappa shape index (κ2) is 7.78. The Morgan fingerprint density at radius 2 is 1.86 bits per heavy atom. The summed E-state index contributed by atoms with van der Waals surface area (Å²) in [4.78, 5) is 15.1. The molecule has 2 aliphatic carbocycles. The van der Waals surface area contributed by atoms with Crippen molar-refractivity contribution in [3.8, 4) is 0 Å². The molecule has 2 fully saturated rings. The molecule has 2 aliphatic rings. The van der Waals surface area contributed by atoms with E-state index in [-0.39, 0.29) is 17.9 Å². The molecule has 128 valence electrons. The van der Waals surface area contributed by atoms with Gasteiger partial charge in [-0.15, -0.1) is 0 Å². The number of amides is 1. The van der Waals surface area contributed by atoms with Crippen molar-refractivity contribution in [1.29, 1.82) is 0 Å². The maximum Gasteiger partial charge on any atom is 0.225 e. The Morgan fingerprint density at radius 1 is 1.23 bits per heavy atom. The Labute approximate surface area is 136 Å². The highest BCUT2D eigenvalue weighted by Gasteiger charge is 2.49. The van der Waals surface area contributed by atoms with Gasteiger partial charge in [0, 0.05) is 18.6 Å². The molecule has 0 radical (unpaired) electrons. The molecule has 0 saturated heterocycles. The molecule has 0 aromatic carbocycles. The summed E-state index contributed by atoms with van der Waals surface area (Å²) < 4.78 is 0. The SMILES string of the molecule is CCN(CC)C(CNC(=O)C1C2CCC(C2)C1N)CC(C)C. The fourth-order valence-electron chi connectivity index (χ4n) is 4.71. The van der Waals surface area contributed by atoms with Crippen LogP contribution in [0.4, 0.5) is 0 Å². The summed E-state index contributed by atoms with van der Waals surface area (Å²) in [6, 6.07) is 0.532. The van der Waals surface area contributed by atoms with Crippen LogP contribution in [0.15, 0.2) is 0 Å². The Morgan fingerprint density at radius 3 is 2.36 bits per heavy atom. The van der Waals surface area contributed by atoms with Crippen LogP contribution in [-0.4, -0.2) is 42.5 Å². The molecule has 22 heavy (non-hydrogen) atoms. The largest absolute Gasteiger partial charge is 0.354 e. The number of carbonyl (C=O) groups excluding carboxylic acids is 1. The lowest BCUT2D eigenvalue weighted by molar-refractivity contribution is -0.127. The van der Waals surface area contributed by atoms with Gasteiger partial charge in [0.15, 0.2) is 0 Å². The van der Waals surface area contributed by atoms with E-state index < -0.39 is 0 Å². The monoisotopic (exact) mass is 309 g/mol. The fourth-order valence-corrected chi connectivity index (χ4v) is 4.71. The summed E-state index contributed by atoms with van der Waals surface area (Å²) in [7, 11) is 0. The Balaban J connectivity index is 1.89. The minimum absolute atomic E-state index is 0.0650. The maximum atomic E-state index is 12.6. The van der Waals surface area contributed by atoms with Gasteiger partial charge in [-0.3, -0.25) is 9.69 Å². The van der Waals surface area contributed by atoms with Crippen molar-refractivity contribution in [2.45, 2.75) is 65.5 Å². The number of nitrogens with one attached hydrogen (secondary N) is 1. The molecule has 5 unspecified atom stereocenters. The average Bonchev–Trinajstić information content (AvgIpc) is 3.05. The first-order valence-corrected chi connectivity index (χ1v) is 9.25. The van der Waals surface area contributed by atoms with Gasteiger partial charge in [-0.25, -0.2) is 0 Å². The lowest BCUT2D eigenvalue weighted by Crippen LogP contribution is -2.49. The van der Waals surface area contributed by atoms with Crippen LogP contribution < -0.4 is 11.1 Å². The van der Waals surface area contributed by atoms with Crippen molar-refractivity contribution >= 4 is 5.91 Å². The zero-order chi connectivity index (χ0) is 16.3. The number of hydrogen-bond acceptors (Lipinski definition) is 3. The van der Waals surface area contributed by atoms with Crippen LogP contribution in [0.5, 0.6) is 0 Å². The molecular formula is C18H35N3O. The van der Waals surface area contributed by atoms with E-state index in [4.69, 9.17) is 5.73 Å². The second-order valence-electron chi connectivity index (χ2n) is 7.69. The molecule has 4 heteroatoms. The van der Waals surface area contributed by atoms with E-state index in [1.54, 1.807) is 0 Å². The van der Waals surface area contributed by atoms with Crippen LogP contribution >= 0.6 is 0 Å². The maximum absolute atomic E-state index is 12.6. The van der Waals surface area contributed by atoms with Gasteiger partial charge in [-0.2, -0.15) is 0 Å². The normalized spacial score (nSPS) is 32.0. The van der Waals surface area contributed by atoms with Gasteiger partial charge in [-0.1, -0.05) is 27.7 Å². The van der Waals surface area contributed by atoms with Crippen molar-refractivity contribution in [2.24, 2.45) is 29.4 Å². The topological polar surface area (TPSA) is 58.4 Å². The van der Waals surface area contributed by atoms with E-state index in [1.807, 2.05) is 0 Å².